The molecular weight excluding hydrogens is 572 g/mol. The van der Waals surface area contributed by atoms with E-state index in [0.29, 0.717) is 37.0 Å². The van der Waals surface area contributed by atoms with Crippen LogP contribution in [0.4, 0.5) is 0 Å². The first-order valence-corrected chi connectivity index (χ1v) is 18.1. The van der Waals surface area contributed by atoms with Gasteiger partial charge in [-0.05, 0) is 133 Å². The van der Waals surface area contributed by atoms with Crippen LogP contribution in [0.5, 0.6) is 5.75 Å². The summed E-state index contributed by atoms with van der Waals surface area (Å²) in [6.45, 7) is 18.0. The number of hydrogen-bond donors (Lipinski definition) is 3. The van der Waals surface area contributed by atoms with E-state index in [1.54, 1.807) is 17.7 Å². The molecule has 0 aromatic heterocycles. The van der Waals surface area contributed by atoms with Crippen molar-refractivity contribution in [2.75, 3.05) is 13.2 Å². The number of carbonyl (C=O) groups excluding carboxylic acids is 1. The first kappa shape index (κ1) is 33.6. The van der Waals surface area contributed by atoms with Gasteiger partial charge in [0.25, 0.3) is 0 Å². The van der Waals surface area contributed by atoms with Crippen LogP contribution in [0.2, 0.25) is 0 Å². The highest BCUT2D eigenvalue weighted by molar-refractivity contribution is 5.94. The summed E-state index contributed by atoms with van der Waals surface area (Å²) in [4.78, 5) is 14.2. The summed E-state index contributed by atoms with van der Waals surface area (Å²) >= 11 is 0. The number of hydrogen-bond acceptors (Lipinski definition) is 5. The molecule has 0 radical (unpaired) electrons. The lowest BCUT2D eigenvalue weighted by Crippen LogP contribution is -2.65. The summed E-state index contributed by atoms with van der Waals surface area (Å²) in [5, 5.41) is 18.6. The molecule has 0 heterocycles. The maximum atomic E-state index is 14.2. The van der Waals surface area contributed by atoms with Crippen molar-refractivity contribution in [2.24, 2.45) is 56.0 Å². The van der Waals surface area contributed by atoms with E-state index < -0.39 is 5.41 Å². The molecule has 4 N–H and O–H groups in total. The predicted molar refractivity (Wildman–Crippen MR) is 184 cm³/mol. The van der Waals surface area contributed by atoms with Crippen molar-refractivity contribution in [3.8, 4) is 5.75 Å². The third kappa shape index (κ3) is 5.06. The number of amidine groups is 1. The number of nitrogens with one attached hydrogen (secondary N) is 1. The maximum absolute atomic E-state index is 14.2. The largest absolute Gasteiger partial charge is 0.493 e. The minimum atomic E-state index is -0.439. The third-order valence-corrected chi connectivity index (χ3v) is 15.0. The van der Waals surface area contributed by atoms with Gasteiger partial charge in [0.2, 0.25) is 0 Å². The van der Waals surface area contributed by atoms with Crippen LogP contribution in [0.15, 0.2) is 35.9 Å². The van der Waals surface area contributed by atoms with Crippen LogP contribution in [-0.2, 0) is 9.53 Å². The van der Waals surface area contributed by atoms with Gasteiger partial charge in [0, 0.05) is 12.0 Å². The molecule has 0 bridgehead atoms. The Morgan fingerprint density at radius 2 is 1.61 bits per heavy atom. The topological polar surface area (TPSA) is 106 Å². The summed E-state index contributed by atoms with van der Waals surface area (Å²) in [7, 11) is 0. The van der Waals surface area contributed by atoms with E-state index in [2.05, 4.69) is 54.5 Å². The molecule has 6 nitrogen and oxygen atoms in total. The van der Waals surface area contributed by atoms with Crippen molar-refractivity contribution < 1.29 is 19.4 Å². The predicted octanol–water partition coefficient (Wildman–Crippen LogP) is 8.45. The monoisotopic (exact) mass is 632 g/mol. The Morgan fingerprint density at radius 3 is 2.30 bits per heavy atom. The van der Waals surface area contributed by atoms with Crippen LogP contribution < -0.4 is 10.5 Å². The maximum Gasteiger partial charge on any atom is 0.312 e. The fraction of sp³-hybridized carbons (Fsp3) is 0.750. The average Bonchev–Trinajstić information content (AvgIpc) is 2.99. The van der Waals surface area contributed by atoms with Gasteiger partial charge in [0.05, 0.1) is 24.7 Å². The smallest absolute Gasteiger partial charge is 0.312 e. The molecular formula is C40H60N2O4. The average molecular weight is 633 g/mol. The second kappa shape index (κ2) is 11.4. The highest BCUT2D eigenvalue weighted by Gasteiger charge is 2.69. The molecule has 5 aliphatic rings. The Labute approximate surface area is 277 Å². The Balaban J connectivity index is 1.20. The van der Waals surface area contributed by atoms with Gasteiger partial charge < -0.3 is 20.3 Å². The first-order chi connectivity index (χ1) is 21.5. The molecule has 46 heavy (non-hydrogen) atoms. The van der Waals surface area contributed by atoms with Crippen molar-refractivity contribution in [1.82, 2.24) is 0 Å². The number of aliphatic hydroxyl groups excluding tert-OH is 1. The van der Waals surface area contributed by atoms with E-state index in [1.165, 1.54) is 12.8 Å². The number of carbonyl (C=O) groups is 1. The Hall–Kier alpha value is -2.34. The normalized spacial score (nSPS) is 40.7. The van der Waals surface area contributed by atoms with Gasteiger partial charge in [-0.25, -0.2) is 0 Å². The highest BCUT2D eigenvalue weighted by atomic mass is 16.5. The molecule has 1 aromatic rings. The summed E-state index contributed by atoms with van der Waals surface area (Å²) in [5.74, 6) is 2.13. The molecule has 6 rings (SSSR count). The van der Waals surface area contributed by atoms with E-state index in [-0.39, 0.29) is 50.9 Å². The summed E-state index contributed by atoms with van der Waals surface area (Å²) in [6, 6.07) is 7.22. The molecule has 0 saturated heterocycles. The number of nitrogens with two attached hydrogens (primary N) is 1. The number of fused-ring (bicyclic) bond motifs is 7. The molecule has 0 amide bonds. The van der Waals surface area contributed by atoms with Crippen molar-refractivity contribution in [3.05, 3.63) is 41.5 Å². The molecule has 0 spiro atoms. The Morgan fingerprint density at radius 1 is 0.913 bits per heavy atom. The van der Waals surface area contributed by atoms with Gasteiger partial charge in [-0.2, -0.15) is 0 Å². The van der Waals surface area contributed by atoms with Gasteiger partial charge in [-0.1, -0.05) is 60.1 Å². The van der Waals surface area contributed by atoms with Gasteiger partial charge in [-0.3, -0.25) is 10.2 Å². The number of aliphatic hydroxyl groups is 1. The zero-order chi connectivity index (χ0) is 33.3. The first-order valence-electron chi connectivity index (χ1n) is 18.1. The molecule has 0 unspecified atom stereocenters. The van der Waals surface area contributed by atoms with Crippen molar-refractivity contribution in [2.45, 2.75) is 125 Å². The number of rotatable bonds is 7. The van der Waals surface area contributed by atoms with Crippen molar-refractivity contribution >= 4 is 11.8 Å². The summed E-state index contributed by atoms with van der Waals surface area (Å²) < 4.78 is 12.0. The molecule has 5 aliphatic carbocycles. The second-order valence-electron chi connectivity index (χ2n) is 18.0. The lowest BCUT2D eigenvalue weighted by atomic mass is 9.33. The van der Waals surface area contributed by atoms with Crippen LogP contribution in [-0.4, -0.2) is 36.2 Å². The molecule has 1 aromatic carbocycles. The fourth-order valence-electron chi connectivity index (χ4n) is 11.9. The quantitative estimate of drug-likeness (QED) is 0.0920. The minimum Gasteiger partial charge on any atom is -0.493 e. The number of esters is 1. The zero-order valence-electron chi connectivity index (χ0n) is 29.6. The molecule has 0 aliphatic heterocycles. The molecule has 6 heteroatoms. The van der Waals surface area contributed by atoms with Gasteiger partial charge in [0.1, 0.15) is 11.6 Å². The SMILES string of the molecule is CC1(C)CC[C@]2(C(=O)OCCCOc3ccc(C(=N)N)cc3)CC[C@]3(C)C(=CC[C@@H]4[C@@]5(C)CC[C@H](O)C(C)(C)[C@@H]5CC[C@]43C)[C@@H]2C1. The van der Waals surface area contributed by atoms with E-state index in [1.807, 2.05) is 12.1 Å². The van der Waals surface area contributed by atoms with E-state index in [9.17, 15) is 9.90 Å². The van der Waals surface area contributed by atoms with Gasteiger partial charge >= 0.3 is 5.97 Å². The van der Waals surface area contributed by atoms with Crippen molar-refractivity contribution in [1.29, 1.82) is 5.41 Å². The minimum absolute atomic E-state index is 0.00715. The number of ether oxygens (including phenoxy) is 2. The van der Waals surface area contributed by atoms with Crippen LogP contribution in [0, 0.1) is 55.7 Å². The number of nitrogen functional groups attached to an aromatic ring is 1. The third-order valence-electron chi connectivity index (χ3n) is 15.0. The van der Waals surface area contributed by atoms with Crippen LogP contribution in [0.3, 0.4) is 0 Å². The van der Waals surface area contributed by atoms with Crippen LogP contribution >= 0.6 is 0 Å². The van der Waals surface area contributed by atoms with E-state index in [4.69, 9.17) is 20.6 Å². The van der Waals surface area contributed by atoms with E-state index in [0.717, 1.165) is 57.1 Å². The molecule has 8 atom stereocenters. The zero-order valence-corrected chi connectivity index (χ0v) is 29.6. The summed E-state index contributed by atoms with van der Waals surface area (Å²) in [5.41, 5.74) is 7.97. The fourth-order valence-corrected chi connectivity index (χ4v) is 11.9. The molecule has 4 fully saturated rings. The van der Waals surface area contributed by atoms with Crippen molar-refractivity contribution in [3.63, 3.8) is 0 Å². The Bertz CT molecular complexity index is 1380. The van der Waals surface area contributed by atoms with Gasteiger partial charge in [-0.15, -0.1) is 0 Å². The van der Waals surface area contributed by atoms with Crippen LogP contribution in [0.25, 0.3) is 0 Å². The molecule has 254 valence electrons. The second-order valence-corrected chi connectivity index (χ2v) is 18.0. The lowest BCUT2D eigenvalue weighted by Gasteiger charge is -2.71. The highest BCUT2D eigenvalue weighted by Crippen LogP contribution is 2.75. The Kier molecular flexibility index (Phi) is 8.30. The molecule has 4 saturated carbocycles. The van der Waals surface area contributed by atoms with E-state index >= 15 is 0 Å². The number of benzene rings is 1. The van der Waals surface area contributed by atoms with Crippen LogP contribution in [0.1, 0.15) is 125 Å². The lowest BCUT2D eigenvalue weighted by molar-refractivity contribution is -0.206. The van der Waals surface area contributed by atoms with Gasteiger partial charge in [0.15, 0.2) is 0 Å². The number of allylic oxidation sites excluding steroid dienone is 2. The standard InChI is InChI=1S/C40H60N2O4/c1-35(2)19-21-40(34(44)46-24-8-23-45-27-11-9-26(10-12-27)33(41)42)22-20-38(6)28(29(40)25-35)13-14-31-37(5)17-16-32(43)36(3,4)30(37)15-18-39(31,38)7/h9-13,29-32,43H,8,14-25H2,1-7H3,(H3,41,42)/t29-,30-,31+,32-,37-,38+,39+,40-/m0/s1. The summed E-state index contributed by atoms with van der Waals surface area (Å²) in [6.07, 6.45) is 13.5.